The highest BCUT2D eigenvalue weighted by Crippen LogP contribution is 2.29. The summed E-state index contributed by atoms with van der Waals surface area (Å²) >= 11 is 0. The zero-order chi connectivity index (χ0) is 18.6. The number of hydrogen-bond donors (Lipinski definition) is 1. The molecule has 2 heterocycles. The number of para-hydroxylation sites is 1. The summed E-state index contributed by atoms with van der Waals surface area (Å²) in [6.45, 7) is 9.76. The highest BCUT2D eigenvalue weighted by atomic mass is 16.2. The van der Waals surface area contributed by atoms with E-state index in [1.165, 1.54) is 5.56 Å². The number of piperazine rings is 1. The Balaban J connectivity index is 1.54. The van der Waals surface area contributed by atoms with Crippen LogP contribution in [0.3, 0.4) is 0 Å². The Labute approximate surface area is 155 Å². The van der Waals surface area contributed by atoms with Crippen LogP contribution in [0.4, 0.5) is 11.6 Å². The minimum atomic E-state index is 0.0357. The van der Waals surface area contributed by atoms with Gasteiger partial charge in [-0.25, -0.2) is 9.97 Å². The molecule has 6 nitrogen and oxygen atoms in total. The Morgan fingerprint density at radius 3 is 2.35 bits per heavy atom. The van der Waals surface area contributed by atoms with E-state index in [2.05, 4.69) is 47.0 Å². The maximum atomic E-state index is 12.6. The van der Waals surface area contributed by atoms with Crippen LogP contribution in [0.1, 0.15) is 26.3 Å². The molecule has 0 saturated carbocycles. The van der Waals surface area contributed by atoms with E-state index < -0.39 is 0 Å². The molecule has 0 radical (unpaired) electrons. The third kappa shape index (κ3) is 4.31. The van der Waals surface area contributed by atoms with E-state index in [0.717, 1.165) is 24.7 Å². The molecule has 0 bridgehead atoms. The van der Waals surface area contributed by atoms with Gasteiger partial charge in [0.05, 0.1) is 6.54 Å². The van der Waals surface area contributed by atoms with E-state index in [4.69, 9.17) is 0 Å². The number of carbonyl (C=O) groups is 1. The largest absolute Gasteiger partial charge is 0.376 e. The van der Waals surface area contributed by atoms with Crippen molar-refractivity contribution in [3.8, 4) is 0 Å². The summed E-state index contributed by atoms with van der Waals surface area (Å²) in [5.74, 6) is 0.860. The second-order valence-electron chi connectivity index (χ2n) is 7.57. The van der Waals surface area contributed by atoms with Crippen molar-refractivity contribution in [2.24, 2.45) is 0 Å². The molecule has 0 atom stereocenters. The van der Waals surface area contributed by atoms with Crippen molar-refractivity contribution in [3.05, 3.63) is 48.3 Å². The molecule has 138 valence electrons. The standard InChI is InChI=1S/C20H27N5O/c1-20(2,3)16-7-4-5-8-17(16)23-15-18(26)24-11-13-25(14-12-24)19-21-9-6-10-22-19/h4-10,23H,11-15H2,1-3H3. The van der Waals surface area contributed by atoms with Crippen molar-refractivity contribution < 1.29 is 4.79 Å². The summed E-state index contributed by atoms with van der Waals surface area (Å²) in [6.07, 6.45) is 3.49. The Morgan fingerprint density at radius 2 is 1.69 bits per heavy atom. The fraction of sp³-hybridized carbons (Fsp3) is 0.450. The van der Waals surface area contributed by atoms with Gasteiger partial charge in [0.2, 0.25) is 11.9 Å². The molecule has 3 rings (SSSR count). The minimum Gasteiger partial charge on any atom is -0.376 e. The number of anilines is 2. The number of nitrogens with one attached hydrogen (secondary N) is 1. The second-order valence-corrected chi connectivity index (χ2v) is 7.57. The average molecular weight is 353 g/mol. The van der Waals surface area contributed by atoms with Crippen LogP contribution in [0, 0.1) is 0 Å². The van der Waals surface area contributed by atoms with Gasteiger partial charge in [-0.3, -0.25) is 4.79 Å². The van der Waals surface area contributed by atoms with Gasteiger partial charge in [0.15, 0.2) is 0 Å². The molecular formula is C20H27N5O. The van der Waals surface area contributed by atoms with E-state index in [9.17, 15) is 4.79 Å². The first-order valence-electron chi connectivity index (χ1n) is 9.08. The zero-order valence-electron chi connectivity index (χ0n) is 15.8. The van der Waals surface area contributed by atoms with Gasteiger partial charge in [-0.05, 0) is 23.1 Å². The molecule has 0 spiro atoms. The molecule has 1 amide bonds. The Hall–Kier alpha value is -2.63. The molecule has 1 aliphatic rings. The van der Waals surface area contributed by atoms with Crippen molar-refractivity contribution in [3.63, 3.8) is 0 Å². The molecule has 6 heteroatoms. The molecule has 1 aliphatic heterocycles. The fourth-order valence-corrected chi connectivity index (χ4v) is 3.18. The molecule has 1 fully saturated rings. The predicted octanol–water partition coefficient (Wildman–Crippen LogP) is 2.53. The van der Waals surface area contributed by atoms with Crippen molar-refractivity contribution in [1.82, 2.24) is 14.9 Å². The van der Waals surface area contributed by atoms with Crippen molar-refractivity contribution >= 4 is 17.5 Å². The van der Waals surface area contributed by atoms with Crippen molar-refractivity contribution in [1.29, 1.82) is 0 Å². The molecule has 26 heavy (non-hydrogen) atoms. The van der Waals surface area contributed by atoms with Crippen LogP contribution < -0.4 is 10.2 Å². The SMILES string of the molecule is CC(C)(C)c1ccccc1NCC(=O)N1CCN(c2ncccn2)CC1. The van der Waals surface area contributed by atoms with E-state index in [-0.39, 0.29) is 11.3 Å². The number of benzene rings is 1. The molecule has 0 aliphatic carbocycles. The summed E-state index contributed by atoms with van der Waals surface area (Å²) in [5, 5.41) is 3.33. The smallest absolute Gasteiger partial charge is 0.241 e. The first kappa shape index (κ1) is 18.2. The maximum absolute atomic E-state index is 12.6. The van der Waals surface area contributed by atoms with E-state index >= 15 is 0 Å². The topological polar surface area (TPSA) is 61.4 Å². The fourth-order valence-electron chi connectivity index (χ4n) is 3.18. The lowest BCUT2D eigenvalue weighted by Gasteiger charge is -2.35. The average Bonchev–Trinajstić information content (AvgIpc) is 2.66. The maximum Gasteiger partial charge on any atom is 0.241 e. The highest BCUT2D eigenvalue weighted by Gasteiger charge is 2.23. The molecule has 0 unspecified atom stereocenters. The number of aromatic nitrogens is 2. The Morgan fingerprint density at radius 1 is 1.04 bits per heavy atom. The van der Waals surface area contributed by atoms with Gasteiger partial charge in [0.25, 0.3) is 0 Å². The highest BCUT2D eigenvalue weighted by molar-refractivity contribution is 5.81. The quantitative estimate of drug-likeness (QED) is 0.915. The van der Waals surface area contributed by atoms with Gasteiger partial charge in [0, 0.05) is 44.3 Å². The number of nitrogens with zero attached hydrogens (tertiary/aromatic N) is 4. The van der Waals surface area contributed by atoms with Gasteiger partial charge in [-0.15, -0.1) is 0 Å². The molecule has 1 aromatic heterocycles. The van der Waals surface area contributed by atoms with E-state index in [1.54, 1.807) is 12.4 Å². The predicted molar refractivity (Wildman–Crippen MR) is 104 cm³/mol. The van der Waals surface area contributed by atoms with Gasteiger partial charge in [-0.1, -0.05) is 39.0 Å². The van der Waals surface area contributed by atoms with Crippen molar-refractivity contribution in [2.75, 3.05) is 42.9 Å². The lowest BCUT2D eigenvalue weighted by atomic mass is 9.86. The van der Waals surface area contributed by atoms with Gasteiger partial charge in [0.1, 0.15) is 0 Å². The van der Waals surface area contributed by atoms with Crippen molar-refractivity contribution in [2.45, 2.75) is 26.2 Å². The zero-order valence-corrected chi connectivity index (χ0v) is 15.8. The summed E-state index contributed by atoms with van der Waals surface area (Å²) < 4.78 is 0. The summed E-state index contributed by atoms with van der Waals surface area (Å²) in [5.41, 5.74) is 2.29. The van der Waals surface area contributed by atoms with Crippen LogP contribution in [0.15, 0.2) is 42.7 Å². The third-order valence-electron chi connectivity index (χ3n) is 4.63. The summed E-state index contributed by atoms with van der Waals surface area (Å²) in [7, 11) is 0. The number of amides is 1. The van der Waals surface area contributed by atoms with Crippen LogP contribution in [0.25, 0.3) is 0 Å². The minimum absolute atomic E-state index is 0.0357. The lowest BCUT2D eigenvalue weighted by Crippen LogP contribution is -2.50. The normalized spacial score (nSPS) is 15.0. The molecular weight excluding hydrogens is 326 g/mol. The second kappa shape index (κ2) is 7.72. The van der Waals surface area contributed by atoms with Crippen LogP contribution in [-0.2, 0) is 10.2 Å². The first-order chi connectivity index (χ1) is 12.4. The third-order valence-corrected chi connectivity index (χ3v) is 4.63. The van der Waals surface area contributed by atoms with Gasteiger partial charge >= 0.3 is 0 Å². The van der Waals surface area contributed by atoms with E-state index in [1.807, 2.05) is 29.2 Å². The Kier molecular flexibility index (Phi) is 5.40. The van der Waals surface area contributed by atoms with Crippen LogP contribution in [-0.4, -0.2) is 53.5 Å². The molecule has 1 N–H and O–H groups in total. The van der Waals surface area contributed by atoms with Crippen LogP contribution >= 0.6 is 0 Å². The Bertz CT molecular complexity index is 733. The van der Waals surface area contributed by atoms with Crippen LogP contribution in [0.2, 0.25) is 0 Å². The molecule has 1 saturated heterocycles. The van der Waals surface area contributed by atoms with Gasteiger partial charge in [-0.2, -0.15) is 0 Å². The number of rotatable bonds is 4. The monoisotopic (exact) mass is 353 g/mol. The van der Waals surface area contributed by atoms with Crippen LogP contribution in [0.5, 0.6) is 0 Å². The van der Waals surface area contributed by atoms with E-state index in [0.29, 0.717) is 19.6 Å². The molecule has 1 aromatic carbocycles. The number of hydrogen-bond acceptors (Lipinski definition) is 5. The number of carbonyl (C=O) groups excluding carboxylic acids is 1. The summed E-state index contributed by atoms with van der Waals surface area (Å²) in [4.78, 5) is 25.2. The van der Waals surface area contributed by atoms with Gasteiger partial charge < -0.3 is 15.1 Å². The lowest BCUT2D eigenvalue weighted by molar-refractivity contribution is -0.129. The molecule has 2 aromatic rings. The first-order valence-corrected chi connectivity index (χ1v) is 9.08. The summed E-state index contributed by atoms with van der Waals surface area (Å²) in [6, 6.07) is 10.0.